The number of amides is 1. The lowest BCUT2D eigenvalue weighted by molar-refractivity contribution is -0.136. The van der Waals surface area contributed by atoms with Crippen LogP contribution in [0.15, 0.2) is 17.2 Å². The van der Waals surface area contributed by atoms with E-state index in [4.69, 9.17) is 0 Å². The van der Waals surface area contributed by atoms with Gasteiger partial charge in [0.05, 0.1) is 6.42 Å². The van der Waals surface area contributed by atoms with Gasteiger partial charge in [0.1, 0.15) is 10.6 Å². The molecule has 1 aliphatic heterocycles. The smallest absolute Gasteiger partial charge is 0.356 e. The van der Waals surface area contributed by atoms with Gasteiger partial charge in [0.2, 0.25) is 10.0 Å². The zero-order valence-corrected chi connectivity index (χ0v) is 14.6. The molecule has 2 rings (SSSR count). The number of aromatic amines is 1. The van der Waals surface area contributed by atoms with E-state index in [0.29, 0.717) is 24.6 Å². The van der Waals surface area contributed by atoms with Crippen molar-refractivity contribution in [2.45, 2.75) is 17.5 Å². The Bertz CT molecular complexity index is 682. The summed E-state index contributed by atoms with van der Waals surface area (Å²) in [5.41, 5.74) is -0.0513. The summed E-state index contributed by atoms with van der Waals surface area (Å²) in [6.45, 7) is 0.298. The number of H-pyrrole nitrogens is 1. The Labute approximate surface area is 142 Å². The Morgan fingerprint density at radius 2 is 2.00 bits per heavy atom. The normalized spacial score (nSPS) is 17.0. The summed E-state index contributed by atoms with van der Waals surface area (Å²) in [4.78, 5) is 15.5. The number of carbonyl (C=O) groups is 1. The van der Waals surface area contributed by atoms with Crippen molar-refractivity contribution in [2.75, 3.05) is 38.2 Å². The van der Waals surface area contributed by atoms with Crippen molar-refractivity contribution in [3.05, 3.63) is 18.0 Å². The Kier molecular flexibility index (Phi) is 5.87. The molecule has 1 saturated heterocycles. The van der Waals surface area contributed by atoms with Gasteiger partial charge in [-0.1, -0.05) is 0 Å². The van der Waals surface area contributed by atoms with Crippen molar-refractivity contribution in [3.63, 3.8) is 0 Å². The lowest BCUT2D eigenvalue weighted by Crippen LogP contribution is -2.37. The Hall–Kier alpha value is -1.20. The van der Waals surface area contributed by atoms with Gasteiger partial charge < -0.3 is 9.88 Å². The van der Waals surface area contributed by atoms with E-state index >= 15 is 0 Å². The van der Waals surface area contributed by atoms with Crippen LogP contribution in [0, 0.1) is 0 Å². The lowest BCUT2D eigenvalue weighted by atomic mass is 10.3. The minimum atomic E-state index is -4.36. The highest BCUT2D eigenvalue weighted by molar-refractivity contribution is 7.99. The van der Waals surface area contributed by atoms with E-state index in [1.54, 1.807) is 11.8 Å². The first-order valence-corrected chi connectivity index (χ1v) is 9.79. The number of halogens is 3. The van der Waals surface area contributed by atoms with Gasteiger partial charge in [-0.2, -0.15) is 29.2 Å². The fourth-order valence-corrected chi connectivity index (χ4v) is 4.75. The van der Waals surface area contributed by atoms with Gasteiger partial charge in [0, 0.05) is 44.4 Å². The third-order valence-electron chi connectivity index (χ3n) is 3.57. The van der Waals surface area contributed by atoms with Crippen LogP contribution in [0.25, 0.3) is 0 Å². The molecule has 1 aromatic rings. The SMILES string of the molecule is CN(CCC(F)(F)F)C(=O)c1cc(S(=O)(=O)N2CCSCC2)c[nH]1. The van der Waals surface area contributed by atoms with Gasteiger partial charge in [-0.3, -0.25) is 4.79 Å². The number of hydrogen-bond acceptors (Lipinski definition) is 4. The molecule has 24 heavy (non-hydrogen) atoms. The van der Waals surface area contributed by atoms with Crippen molar-refractivity contribution in [3.8, 4) is 0 Å². The molecule has 136 valence electrons. The number of thioether (sulfide) groups is 1. The van der Waals surface area contributed by atoms with Gasteiger partial charge in [-0.05, 0) is 6.07 Å². The van der Waals surface area contributed by atoms with E-state index in [0.717, 1.165) is 4.90 Å². The maximum absolute atomic E-state index is 12.5. The van der Waals surface area contributed by atoms with E-state index in [1.807, 2.05) is 0 Å². The number of nitrogens with one attached hydrogen (secondary N) is 1. The number of sulfonamides is 1. The molecule has 1 amide bonds. The molecule has 0 bridgehead atoms. The Morgan fingerprint density at radius 1 is 1.38 bits per heavy atom. The summed E-state index contributed by atoms with van der Waals surface area (Å²) >= 11 is 1.66. The number of carbonyl (C=O) groups excluding carboxylic acids is 1. The molecule has 0 spiro atoms. The monoisotopic (exact) mass is 385 g/mol. The van der Waals surface area contributed by atoms with Gasteiger partial charge in [-0.25, -0.2) is 8.42 Å². The average Bonchev–Trinajstić information content (AvgIpc) is 3.02. The molecule has 1 N–H and O–H groups in total. The molecule has 0 unspecified atom stereocenters. The predicted octanol–water partition coefficient (Wildman–Crippen LogP) is 1.78. The summed E-state index contributed by atoms with van der Waals surface area (Å²) in [6.07, 6.45) is -4.28. The van der Waals surface area contributed by atoms with Gasteiger partial charge in [0.25, 0.3) is 5.91 Å². The van der Waals surface area contributed by atoms with Crippen LogP contribution in [0.4, 0.5) is 13.2 Å². The number of rotatable bonds is 5. The number of hydrogen-bond donors (Lipinski definition) is 1. The van der Waals surface area contributed by atoms with Crippen LogP contribution < -0.4 is 0 Å². The molecule has 11 heteroatoms. The van der Waals surface area contributed by atoms with Crippen LogP contribution in [-0.4, -0.2) is 72.9 Å². The number of alkyl halides is 3. The van der Waals surface area contributed by atoms with Crippen molar-refractivity contribution >= 4 is 27.7 Å². The predicted molar refractivity (Wildman–Crippen MR) is 84.5 cm³/mol. The first kappa shape index (κ1) is 19.1. The average molecular weight is 385 g/mol. The molecule has 6 nitrogen and oxygen atoms in total. The zero-order valence-electron chi connectivity index (χ0n) is 13.0. The largest absolute Gasteiger partial charge is 0.390 e. The summed E-state index contributed by atoms with van der Waals surface area (Å²) < 4.78 is 62.9. The fourth-order valence-electron chi connectivity index (χ4n) is 2.18. The summed E-state index contributed by atoms with van der Waals surface area (Å²) in [6, 6.07) is 1.17. The Balaban J connectivity index is 2.07. The molecule has 0 aromatic carbocycles. The number of nitrogens with zero attached hydrogens (tertiary/aromatic N) is 2. The van der Waals surface area contributed by atoms with Gasteiger partial charge in [-0.15, -0.1) is 0 Å². The van der Waals surface area contributed by atoms with Gasteiger partial charge in [0.15, 0.2) is 0 Å². The van der Waals surface area contributed by atoms with E-state index in [2.05, 4.69) is 4.98 Å². The molecular weight excluding hydrogens is 367 g/mol. The first-order chi connectivity index (χ1) is 11.1. The Morgan fingerprint density at radius 3 is 2.58 bits per heavy atom. The van der Waals surface area contributed by atoms with Crippen molar-refractivity contribution in [1.82, 2.24) is 14.2 Å². The maximum atomic E-state index is 12.5. The van der Waals surface area contributed by atoms with Crippen LogP contribution in [-0.2, 0) is 10.0 Å². The van der Waals surface area contributed by atoms with E-state index in [-0.39, 0.29) is 10.6 Å². The molecule has 2 heterocycles. The summed E-state index contributed by atoms with van der Waals surface area (Å²) in [5, 5.41) is 0. The second-order valence-electron chi connectivity index (χ2n) is 5.36. The minimum absolute atomic E-state index is 0.0513. The molecule has 1 aromatic heterocycles. The van der Waals surface area contributed by atoms with Crippen LogP contribution in [0.5, 0.6) is 0 Å². The van der Waals surface area contributed by atoms with E-state index in [1.165, 1.54) is 23.6 Å². The number of aromatic nitrogens is 1. The second-order valence-corrected chi connectivity index (χ2v) is 8.52. The third kappa shape index (κ3) is 4.67. The topological polar surface area (TPSA) is 73.5 Å². The molecular formula is C13H18F3N3O3S2. The summed E-state index contributed by atoms with van der Waals surface area (Å²) in [5.74, 6) is 0.723. The highest BCUT2D eigenvalue weighted by atomic mass is 32.2. The van der Waals surface area contributed by atoms with E-state index < -0.39 is 35.1 Å². The van der Waals surface area contributed by atoms with Crippen LogP contribution >= 0.6 is 11.8 Å². The van der Waals surface area contributed by atoms with Crippen molar-refractivity contribution in [2.24, 2.45) is 0 Å². The van der Waals surface area contributed by atoms with Crippen LogP contribution in [0.1, 0.15) is 16.9 Å². The molecule has 0 atom stereocenters. The molecule has 1 aliphatic rings. The molecule has 1 fully saturated rings. The summed E-state index contributed by atoms with van der Waals surface area (Å²) in [7, 11) is -2.46. The quantitative estimate of drug-likeness (QED) is 0.839. The molecule has 0 radical (unpaired) electrons. The lowest BCUT2D eigenvalue weighted by Gasteiger charge is -2.24. The second kappa shape index (κ2) is 7.36. The third-order valence-corrected chi connectivity index (χ3v) is 6.39. The highest BCUT2D eigenvalue weighted by Gasteiger charge is 2.30. The van der Waals surface area contributed by atoms with E-state index in [9.17, 15) is 26.4 Å². The zero-order chi connectivity index (χ0) is 18.0. The first-order valence-electron chi connectivity index (χ1n) is 7.20. The molecule has 0 saturated carbocycles. The van der Waals surface area contributed by atoms with Crippen LogP contribution in [0.2, 0.25) is 0 Å². The molecule has 0 aliphatic carbocycles. The minimum Gasteiger partial charge on any atom is -0.356 e. The van der Waals surface area contributed by atoms with Gasteiger partial charge >= 0.3 is 6.18 Å². The van der Waals surface area contributed by atoms with Crippen molar-refractivity contribution in [1.29, 1.82) is 0 Å². The van der Waals surface area contributed by atoms with Crippen molar-refractivity contribution < 1.29 is 26.4 Å². The maximum Gasteiger partial charge on any atom is 0.390 e. The fraction of sp³-hybridized carbons (Fsp3) is 0.615. The standard InChI is InChI=1S/C13H18F3N3O3S2/c1-18(3-2-13(14,15)16)12(20)11-8-10(9-17-11)24(21,22)19-4-6-23-7-5-19/h8-9,17H,2-7H2,1H3. The highest BCUT2D eigenvalue weighted by Crippen LogP contribution is 2.22. The van der Waals surface area contributed by atoms with Crippen LogP contribution in [0.3, 0.4) is 0 Å².